The summed E-state index contributed by atoms with van der Waals surface area (Å²) in [4.78, 5) is 37.6. The molecule has 9 nitrogen and oxygen atoms in total. The van der Waals surface area contributed by atoms with Crippen LogP contribution in [-0.2, 0) is 33.3 Å². The molecule has 0 saturated heterocycles. The highest BCUT2D eigenvalue weighted by atomic mass is 16.7. The van der Waals surface area contributed by atoms with Crippen molar-refractivity contribution >= 4 is 17.9 Å². The van der Waals surface area contributed by atoms with Crippen LogP contribution in [0.1, 0.15) is 354 Å². The van der Waals surface area contributed by atoms with E-state index in [2.05, 4.69) is 111 Å². The fraction of sp³-hybridized carbons (Fsp3) is 0.771. The standard InChI is InChI=1S/C83H147NO8/c1-6-8-10-12-14-16-18-20-22-24-26-28-30-32-34-36-38-39-40-41-42-44-45-47-49-51-53-55-57-59-61-63-65-67-69-71-73-80(85)90-77-79(78-91-83(82(87)88)89-76-75-84(3,4)5)92-81(86)74-72-70-68-66-64-62-60-58-56-54-52-50-48-46-43-37-35-33-31-29-27-25-23-21-19-17-15-13-11-9-7-2/h9,11,15,17,21,23,27,29,33,35,43,46,50,52,56,58,79,83H,6-8,10,12-14,16,18-20,22,24-26,28,30-32,34,36-42,44-45,47-49,51,53-55,57,59-78H2,1-5H3/b11-9-,17-15-,23-21-,29-27-,35-33-,46-43-,52-50-,58-56-. The molecule has 0 N–H and O–H groups in total. The number of esters is 2. The highest BCUT2D eigenvalue weighted by Gasteiger charge is 2.22. The summed E-state index contributed by atoms with van der Waals surface area (Å²) in [6, 6.07) is 0. The summed E-state index contributed by atoms with van der Waals surface area (Å²) < 4.78 is 22.8. The van der Waals surface area contributed by atoms with Crippen LogP contribution in [0.15, 0.2) is 97.2 Å². The van der Waals surface area contributed by atoms with E-state index in [1.807, 2.05) is 21.1 Å². The van der Waals surface area contributed by atoms with Gasteiger partial charge in [0.2, 0.25) is 0 Å². The number of aliphatic carboxylic acids is 1. The predicted octanol–water partition coefficient (Wildman–Crippen LogP) is 23.4. The van der Waals surface area contributed by atoms with Crippen molar-refractivity contribution < 1.29 is 42.9 Å². The van der Waals surface area contributed by atoms with Crippen LogP contribution in [0, 0.1) is 0 Å². The molecule has 0 aliphatic rings. The number of hydrogen-bond donors (Lipinski definition) is 0. The number of carboxylic acid groups (broad SMARTS) is 1. The molecule has 2 atom stereocenters. The Morgan fingerprint density at radius 3 is 0.924 bits per heavy atom. The monoisotopic (exact) mass is 1290 g/mol. The number of carbonyl (C=O) groups is 3. The minimum atomic E-state index is -1.63. The number of carbonyl (C=O) groups excluding carboxylic acids is 3. The third-order valence-corrected chi connectivity index (χ3v) is 17.1. The average Bonchev–Trinajstić information content (AvgIpc) is 3.70. The van der Waals surface area contributed by atoms with Crippen LogP contribution in [0.25, 0.3) is 0 Å². The third kappa shape index (κ3) is 73.6. The Labute approximate surface area is 569 Å². The molecule has 2 unspecified atom stereocenters. The molecule has 0 amide bonds. The first-order valence-corrected chi connectivity index (χ1v) is 38.9. The summed E-state index contributed by atoms with van der Waals surface area (Å²) in [6.07, 6.45) is 98.1. The Kier molecular flexibility index (Phi) is 70.0. The van der Waals surface area contributed by atoms with Gasteiger partial charge in [-0.2, -0.15) is 0 Å². The van der Waals surface area contributed by atoms with Crippen molar-refractivity contribution in [2.24, 2.45) is 0 Å². The van der Waals surface area contributed by atoms with Crippen molar-refractivity contribution in [1.82, 2.24) is 0 Å². The van der Waals surface area contributed by atoms with E-state index < -0.39 is 24.3 Å². The first-order chi connectivity index (χ1) is 45.1. The van der Waals surface area contributed by atoms with E-state index in [-0.39, 0.29) is 38.6 Å². The molecule has 0 aliphatic carbocycles. The third-order valence-electron chi connectivity index (χ3n) is 17.1. The van der Waals surface area contributed by atoms with Gasteiger partial charge in [-0.3, -0.25) is 9.59 Å². The Bertz CT molecular complexity index is 1840. The van der Waals surface area contributed by atoms with Gasteiger partial charge in [0.05, 0.1) is 40.3 Å². The Balaban J connectivity index is 4.06. The van der Waals surface area contributed by atoms with Gasteiger partial charge < -0.3 is 33.3 Å². The summed E-state index contributed by atoms with van der Waals surface area (Å²) in [5.41, 5.74) is 0. The summed E-state index contributed by atoms with van der Waals surface area (Å²) in [5.74, 6) is -2.29. The van der Waals surface area contributed by atoms with E-state index in [0.717, 1.165) is 109 Å². The van der Waals surface area contributed by atoms with E-state index in [9.17, 15) is 19.5 Å². The fourth-order valence-electron chi connectivity index (χ4n) is 11.2. The zero-order valence-electron chi connectivity index (χ0n) is 60.9. The smallest absolute Gasteiger partial charge is 0.306 e. The van der Waals surface area contributed by atoms with Crippen molar-refractivity contribution in [2.45, 2.75) is 367 Å². The molecule has 9 heteroatoms. The summed E-state index contributed by atoms with van der Waals surface area (Å²) in [7, 11) is 5.93. The van der Waals surface area contributed by atoms with E-state index in [4.69, 9.17) is 18.9 Å². The van der Waals surface area contributed by atoms with Gasteiger partial charge in [-0.25, -0.2) is 0 Å². The first-order valence-electron chi connectivity index (χ1n) is 38.9. The normalized spacial score (nSPS) is 13.2. The topological polar surface area (TPSA) is 111 Å². The maximum absolute atomic E-state index is 13.0. The molecule has 0 aromatic heterocycles. The fourth-order valence-corrected chi connectivity index (χ4v) is 11.2. The van der Waals surface area contributed by atoms with Crippen molar-refractivity contribution in [3.63, 3.8) is 0 Å². The SMILES string of the molecule is CC/C=C\C/C=C\C/C=C\C/C=C\C/C=C\C/C=C\C/C=C\C/C=C\CCCCCCCCC(=O)OC(COC(=O)CCCCCCCCCCCCCCCCCCCCCCCCCCCCCCCCCCCCCC)COC(OCC[N+](C)(C)C)C(=O)[O-]. The summed E-state index contributed by atoms with van der Waals surface area (Å²) in [5, 5.41) is 11.8. The van der Waals surface area contributed by atoms with Gasteiger partial charge in [0.15, 0.2) is 12.4 Å². The molecular weight excluding hydrogens is 1140 g/mol. The molecule has 0 heterocycles. The van der Waals surface area contributed by atoms with Crippen molar-refractivity contribution in [3.8, 4) is 0 Å². The second-order valence-corrected chi connectivity index (χ2v) is 27.3. The zero-order valence-corrected chi connectivity index (χ0v) is 60.9. The molecule has 0 spiro atoms. The second-order valence-electron chi connectivity index (χ2n) is 27.3. The van der Waals surface area contributed by atoms with Gasteiger partial charge in [0.1, 0.15) is 13.2 Å². The van der Waals surface area contributed by atoms with Crippen LogP contribution in [0.3, 0.4) is 0 Å². The molecule has 0 fully saturated rings. The molecule has 0 aliphatic heterocycles. The molecule has 0 saturated carbocycles. The zero-order chi connectivity index (χ0) is 66.8. The van der Waals surface area contributed by atoms with Crippen LogP contribution in [0.5, 0.6) is 0 Å². The minimum Gasteiger partial charge on any atom is -0.545 e. The van der Waals surface area contributed by atoms with Crippen molar-refractivity contribution in [3.05, 3.63) is 97.2 Å². The first kappa shape index (κ1) is 88.2. The quantitative estimate of drug-likeness (QED) is 0.0195. The summed E-state index contributed by atoms with van der Waals surface area (Å²) in [6.45, 7) is 4.66. The maximum atomic E-state index is 13.0. The number of carboxylic acids is 1. The number of likely N-dealkylation sites (N-methyl/N-ethyl adjacent to an activating group) is 1. The van der Waals surface area contributed by atoms with Crippen LogP contribution in [0.2, 0.25) is 0 Å². The van der Waals surface area contributed by atoms with Gasteiger partial charge in [-0.05, 0) is 77.0 Å². The minimum absolute atomic E-state index is 0.141. The van der Waals surface area contributed by atoms with Crippen LogP contribution < -0.4 is 5.11 Å². The van der Waals surface area contributed by atoms with Gasteiger partial charge in [-0.15, -0.1) is 0 Å². The van der Waals surface area contributed by atoms with Crippen LogP contribution in [0.4, 0.5) is 0 Å². The lowest BCUT2D eigenvalue weighted by Crippen LogP contribution is -2.44. The number of rotatable bonds is 72. The average molecular weight is 1290 g/mol. The summed E-state index contributed by atoms with van der Waals surface area (Å²) >= 11 is 0. The number of nitrogens with zero attached hydrogens (tertiary/aromatic N) is 1. The highest BCUT2D eigenvalue weighted by Crippen LogP contribution is 2.19. The van der Waals surface area contributed by atoms with E-state index >= 15 is 0 Å². The Morgan fingerprint density at radius 1 is 0.337 bits per heavy atom. The van der Waals surface area contributed by atoms with E-state index in [1.54, 1.807) is 0 Å². The second kappa shape index (κ2) is 73.0. The molecule has 0 aromatic rings. The molecule has 92 heavy (non-hydrogen) atoms. The maximum Gasteiger partial charge on any atom is 0.306 e. The molecule has 0 rings (SSSR count). The molecule has 0 bridgehead atoms. The number of allylic oxidation sites excluding steroid dienone is 16. The van der Waals surface area contributed by atoms with Crippen molar-refractivity contribution in [1.29, 1.82) is 0 Å². The van der Waals surface area contributed by atoms with Crippen LogP contribution in [-0.4, -0.2) is 82.3 Å². The molecule has 532 valence electrons. The van der Waals surface area contributed by atoms with E-state index in [0.29, 0.717) is 17.4 Å². The number of hydrogen-bond acceptors (Lipinski definition) is 8. The van der Waals surface area contributed by atoms with E-state index in [1.165, 1.54) is 212 Å². The Morgan fingerprint density at radius 2 is 0.620 bits per heavy atom. The molecular formula is C83H147NO8. The lowest BCUT2D eigenvalue weighted by molar-refractivity contribution is -0.870. The van der Waals surface area contributed by atoms with Gasteiger partial charge >= 0.3 is 11.9 Å². The van der Waals surface area contributed by atoms with Gasteiger partial charge in [-0.1, -0.05) is 361 Å². The van der Waals surface area contributed by atoms with Crippen LogP contribution >= 0.6 is 0 Å². The number of quaternary nitrogens is 1. The molecule has 0 radical (unpaired) electrons. The molecule has 0 aromatic carbocycles. The lowest BCUT2D eigenvalue weighted by Gasteiger charge is -2.26. The van der Waals surface area contributed by atoms with Crippen molar-refractivity contribution in [2.75, 3.05) is 47.5 Å². The van der Waals surface area contributed by atoms with Gasteiger partial charge in [0, 0.05) is 12.8 Å². The largest absolute Gasteiger partial charge is 0.545 e. The number of ether oxygens (including phenoxy) is 4. The highest BCUT2D eigenvalue weighted by molar-refractivity contribution is 5.70. The lowest BCUT2D eigenvalue weighted by atomic mass is 10.0. The number of unbranched alkanes of at least 4 members (excludes halogenated alkanes) is 41. The van der Waals surface area contributed by atoms with Gasteiger partial charge in [0.25, 0.3) is 0 Å². The Hall–Kier alpha value is -3.79. The predicted molar refractivity (Wildman–Crippen MR) is 394 cm³/mol.